The molecule has 64 valence electrons. The average Bonchev–Trinajstić information content (AvgIpc) is 1.87. The number of thiol groups is 1. The Morgan fingerprint density at radius 3 is 2.27 bits per heavy atom. The van der Waals surface area contributed by atoms with Crippen molar-refractivity contribution < 1.29 is 19.8 Å². The third kappa shape index (κ3) is 4.63. The first-order valence-electron chi connectivity index (χ1n) is 2.92. The Bertz CT molecular complexity index is 161. The summed E-state index contributed by atoms with van der Waals surface area (Å²) in [7, 11) is 0. The van der Waals surface area contributed by atoms with Crippen LogP contribution in [-0.2, 0) is 9.59 Å². The van der Waals surface area contributed by atoms with Gasteiger partial charge in [-0.25, -0.2) is 0 Å². The minimum Gasteiger partial charge on any atom is -0.481 e. The van der Waals surface area contributed by atoms with E-state index in [4.69, 9.17) is 10.2 Å². The van der Waals surface area contributed by atoms with Crippen LogP contribution >= 0.6 is 12.8 Å². The van der Waals surface area contributed by atoms with E-state index in [0.717, 1.165) is 0 Å². The van der Waals surface area contributed by atoms with Gasteiger partial charge in [0.2, 0.25) is 0 Å². The summed E-state index contributed by atoms with van der Waals surface area (Å²) >= 11 is 3.53. The van der Waals surface area contributed by atoms with Crippen LogP contribution in [-0.4, -0.2) is 28.2 Å². The molecule has 0 aromatic rings. The number of carboxylic acids is 2. The maximum Gasteiger partial charge on any atom is 0.321 e. The van der Waals surface area contributed by atoms with Crippen molar-refractivity contribution in [3.8, 4) is 0 Å². The summed E-state index contributed by atoms with van der Waals surface area (Å²) in [5.41, 5.74) is 0. The molecule has 0 spiro atoms. The Morgan fingerprint density at radius 1 is 1.45 bits per heavy atom. The molecule has 1 atom stereocenters. The molecule has 5 nitrogen and oxygen atoms in total. The smallest absolute Gasteiger partial charge is 0.321 e. The highest BCUT2D eigenvalue weighted by molar-refractivity contribution is 7.78. The number of rotatable bonds is 5. The van der Waals surface area contributed by atoms with E-state index in [2.05, 4.69) is 17.5 Å². The van der Waals surface area contributed by atoms with Crippen molar-refractivity contribution in [3.63, 3.8) is 0 Å². The lowest BCUT2D eigenvalue weighted by atomic mass is 10.2. The average molecular weight is 179 g/mol. The molecule has 0 saturated carbocycles. The van der Waals surface area contributed by atoms with Crippen LogP contribution in [0.3, 0.4) is 0 Å². The summed E-state index contributed by atoms with van der Waals surface area (Å²) < 4.78 is 2.19. The highest BCUT2D eigenvalue weighted by Crippen LogP contribution is 1.97. The second-order valence-corrected chi connectivity index (χ2v) is 2.21. The Morgan fingerprint density at radius 2 is 2.00 bits per heavy atom. The fraction of sp³-hybridized carbons (Fsp3) is 0.600. The number of carboxylic acid groups (broad SMARTS) is 2. The molecule has 0 rings (SSSR count). The first-order valence-corrected chi connectivity index (χ1v) is 3.37. The van der Waals surface area contributed by atoms with E-state index in [1.54, 1.807) is 0 Å². The molecule has 0 bridgehead atoms. The fourth-order valence-corrected chi connectivity index (χ4v) is 0.751. The number of hydrogen-bond donors (Lipinski definition) is 4. The zero-order chi connectivity index (χ0) is 8.85. The summed E-state index contributed by atoms with van der Waals surface area (Å²) in [6, 6.07) is -0.894. The zero-order valence-electron chi connectivity index (χ0n) is 5.65. The van der Waals surface area contributed by atoms with Crippen molar-refractivity contribution >= 4 is 24.8 Å². The molecule has 0 aromatic heterocycles. The van der Waals surface area contributed by atoms with Gasteiger partial charge in [-0.3, -0.25) is 14.3 Å². The molecular formula is C5H9NO4S. The first kappa shape index (κ1) is 10.2. The van der Waals surface area contributed by atoms with Crippen molar-refractivity contribution in [1.29, 1.82) is 0 Å². The van der Waals surface area contributed by atoms with Crippen LogP contribution in [0.15, 0.2) is 0 Å². The first-order chi connectivity index (χ1) is 5.07. The van der Waals surface area contributed by atoms with Crippen molar-refractivity contribution in [3.05, 3.63) is 0 Å². The quantitative estimate of drug-likeness (QED) is 0.437. The summed E-state index contributed by atoms with van der Waals surface area (Å²) in [5, 5.41) is 16.6. The molecular weight excluding hydrogens is 170 g/mol. The van der Waals surface area contributed by atoms with Crippen LogP contribution in [0.4, 0.5) is 0 Å². The third-order valence-electron chi connectivity index (χ3n) is 1.10. The molecule has 0 heterocycles. The molecule has 0 fully saturated rings. The van der Waals surface area contributed by atoms with Crippen molar-refractivity contribution in [1.82, 2.24) is 4.72 Å². The molecule has 0 unspecified atom stereocenters. The molecule has 11 heavy (non-hydrogen) atoms. The lowest BCUT2D eigenvalue weighted by Gasteiger charge is -2.07. The van der Waals surface area contributed by atoms with Crippen LogP contribution in [0.5, 0.6) is 0 Å². The Balaban J connectivity index is 3.70. The van der Waals surface area contributed by atoms with Crippen molar-refractivity contribution in [2.45, 2.75) is 18.9 Å². The Kier molecular flexibility index (Phi) is 4.64. The molecule has 0 aliphatic carbocycles. The zero-order valence-corrected chi connectivity index (χ0v) is 6.54. The van der Waals surface area contributed by atoms with Crippen LogP contribution in [0.25, 0.3) is 0 Å². The van der Waals surface area contributed by atoms with Gasteiger partial charge >= 0.3 is 11.9 Å². The van der Waals surface area contributed by atoms with Gasteiger partial charge < -0.3 is 10.2 Å². The molecule has 0 aliphatic heterocycles. The van der Waals surface area contributed by atoms with Gasteiger partial charge in [0.1, 0.15) is 6.04 Å². The van der Waals surface area contributed by atoms with E-state index in [0.29, 0.717) is 0 Å². The van der Waals surface area contributed by atoms with Gasteiger partial charge in [-0.1, -0.05) is 12.8 Å². The van der Waals surface area contributed by atoms with Gasteiger partial charge in [0.25, 0.3) is 0 Å². The van der Waals surface area contributed by atoms with E-state index < -0.39 is 18.0 Å². The number of aliphatic carboxylic acids is 2. The lowest BCUT2D eigenvalue weighted by molar-refractivity contribution is -0.140. The maximum atomic E-state index is 10.2. The minimum absolute atomic E-state index is 0.0359. The maximum absolute atomic E-state index is 10.2. The van der Waals surface area contributed by atoms with Gasteiger partial charge in [0.15, 0.2) is 0 Å². The summed E-state index contributed by atoms with van der Waals surface area (Å²) in [5.74, 6) is -2.11. The highest BCUT2D eigenvalue weighted by atomic mass is 32.1. The largest absolute Gasteiger partial charge is 0.481 e. The predicted molar refractivity (Wildman–Crippen MR) is 40.4 cm³/mol. The molecule has 0 amide bonds. The van der Waals surface area contributed by atoms with Gasteiger partial charge in [0.05, 0.1) is 0 Å². The van der Waals surface area contributed by atoms with E-state index in [9.17, 15) is 9.59 Å². The van der Waals surface area contributed by atoms with E-state index in [-0.39, 0.29) is 12.8 Å². The highest BCUT2D eigenvalue weighted by Gasteiger charge is 2.15. The van der Waals surface area contributed by atoms with Crippen molar-refractivity contribution in [2.75, 3.05) is 0 Å². The van der Waals surface area contributed by atoms with E-state index in [1.165, 1.54) is 0 Å². The fourth-order valence-electron chi connectivity index (χ4n) is 0.511. The third-order valence-corrected chi connectivity index (χ3v) is 1.41. The van der Waals surface area contributed by atoms with E-state index in [1.807, 2.05) is 0 Å². The standard InChI is InChI=1S/C5H9NO4S/c7-4(8)2-1-3(6-11)5(9)10/h3,6,11H,1-2H2,(H,7,8)(H,9,10)/t3-/m0/s1. The Hall–Kier alpha value is -0.750. The van der Waals surface area contributed by atoms with Gasteiger partial charge in [-0.2, -0.15) is 0 Å². The molecule has 3 N–H and O–H groups in total. The SMILES string of the molecule is O=C(O)CC[C@H](NS)C(=O)O. The summed E-state index contributed by atoms with van der Waals surface area (Å²) in [4.78, 5) is 20.2. The number of hydrogen-bond acceptors (Lipinski definition) is 4. The molecule has 0 aromatic carbocycles. The van der Waals surface area contributed by atoms with Gasteiger partial charge in [0, 0.05) is 6.42 Å². The molecule has 0 radical (unpaired) electrons. The topological polar surface area (TPSA) is 86.6 Å². The predicted octanol–water partition coefficient (Wildman–Crippen LogP) is -0.261. The normalized spacial score (nSPS) is 12.5. The minimum atomic E-state index is -1.10. The Labute approximate surface area is 69.0 Å². The summed E-state index contributed by atoms with van der Waals surface area (Å²) in [6.45, 7) is 0. The van der Waals surface area contributed by atoms with Crippen molar-refractivity contribution in [2.24, 2.45) is 0 Å². The monoisotopic (exact) mass is 179 g/mol. The van der Waals surface area contributed by atoms with Gasteiger partial charge in [-0.05, 0) is 6.42 Å². The van der Waals surface area contributed by atoms with Crippen LogP contribution in [0, 0.1) is 0 Å². The van der Waals surface area contributed by atoms with Crippen LogP contribution in [0.2, 0.25) is 0 Å². The van der Waals surface area contributed by atoms with E-state index >= 15 is 0 Å². The lowest BCUT2D eigenvalue weighted by Crippen LogP contribution is -2.31. The molecule has 6 heteroatoms. The summed E-state index contributed by atoms with van der Waals surface area (Å²) in [6.07, 6.45) is -0.140. The van der Waals surface area contributed by atoms with Crippen LogP contribution < -0.4 is 4.72 Å². The second-order valence-electron chi connectivity index (χ2n) is 1.95. The molecule has 0 saturated heterocycles. The number of nitrogens with one attached hydrogen (secondary N) is 1. The number of carbonyl (C=O) groups is 2. The molecule has 0 aliphatic rings. The van der Waals surface area contributed by atoms with Gasteiger partial charge in [-0.15, -0.1) is 0 Å². The second kappa shape index (κ2) is 4.97. The van der Waals surface area contributed by atoms with Crippen LogP contribution in [0.1, 0.15) is 12.8 Å².